The van der Waals surface area contributed by atoms with Gasteiger partial charge in [0.15, 0.2) is 0 Å². The number of aryl methyl sites for hydroxylation is 1. The normalized spacial score (nSPS) is 25.2. The van der Waals surface area contributed by atoms with Gasteiger partial charge in [-0.05, 0) is 25.7 Å². The van der Waals surface area contributed by atoms with E-state index in [1.165, 1.54) is 25.7 Å². The van der Waals surface area contributed by atoms with E-state index in [2.05, 4.69) is 21.2 Å². The summed E-state index contributed by atoms with van der Waals surface area (Å²) in [6, 6.07) is 2.76. The SMILES string of the molecule is N#CC1CN(C(=O)CCc2nnc(C3CCCC3)o2)CCN1C1CC1. The Hall–Kier alpha value is -1.94. The van der Waals surface area contributed by atoms with Crippen molar-refractivity contribution < 1.29 is 9.21 Å². The number of nitrogens with zero attached hydrogens (tertiary/aromatic N) is 5. The number of aromatic nitrogens is 2. The van der Waals surface area contributed by atoms with Crippen molar-refractivity contribution in [1.29, 1.82) is 5.26 Å². The summed E-state index contributed by atoms with van der Waals surface area (Å²) in [5.74, 6) is 1.78. The van der Waals surface area contributed by atoms with Crippen LogP contribution in [0.1, 0.15) is 62.6 Å². The molecule has 1 aromatic heterocycles. The fraction of sp³-hybridized carbons (Fsp3) is 0.778. The van der Waals surface area contributed by atoms with Crippen LogP contribution in [0.2, 0.25) is 0 Å². The Morgan fingerprint density at radius 1 is 1.20 bits per heavy atom. The second-order valence-electron chi connectivity index (χ2n) is 7.47. The van der Waals surface area contributed by atoms with Crippen molar-refractivity contribution in [1.82, 2.24) is 20.0 Å². The zero-order valence-electron chi connectivity index (χ0n) is 14.6. The summed E-state index contributed by atoms with van der Waals surface area (Å²) in [6.07, 6.45) is 7.94. The second kappa shape index (κ2) is 7.12. The monoisotopic (exact) mass is 343 g/mol. The first-order valence-corrected chi connectivity index (χ1v) is 9.50. The van der Waals surface area contributed by atoms with Crippen molar-refractivity contribution in [2.45, 2.75) is 69.4 Å². The highest BCUT2D eigenvalue weighted by atomic mass is 16.4. The number of nitriles is 1. The van der Waals surface area contributed by atoms with Gasteiger partial charge in [0.2, 0.25) is 17.7 Å². The van der Waals surface area contributed by atoms with Gasteiger partial charge in [-0.2, -0.15) is 5.26 Å². The van der Waals surface area contributed by atoms with Crippen molar-refractivity contribution in [3.05, 3.63) is 11.8 Å². The van der Waals surface area contributed by atoms with Crippen LogP contribution >= 0.6 is 0 Å². The molecule has 2 saturated carbocycles. The molecule has 0 aromatic carbocycles. The molecule has 1 aliphatic heterocycles. The van der Waals surface area contributed by atoms with Gasteiger partial charge in [-0.3, -0.25) is 9.69 Å². The van der Waals surface area contributed by atoms with Gasteiger partial charge in [-0.25, -0.2) is 0 Å². The number of carbonyl (C=O) groups excluding carboxylic acids is 1. The minimum absolute atomic E-state index is 0.0799. The van der Waals surface area contributed by atoms with Gasteiger partial charge < -0.3 is 9.32 Å². The molecule has 134 valence electrons. The van der Waals surface area contributed by atoms with Crippen LogP contribution in [0.15, 0.2) is 4.42 Å². The highest BCUT2D eigenvalue weighted by Gasteiger charge is 2.38. The Morgan fingerprint density at radius 2 is 2.00 bits per heavy atom. The lowest BCUT2D eigenvalue weighted by Gasteiger charge is -2.38. The Balaban J connectivity index is 1.28. The minimum Gasteiger partial charge on any atom is -0.425 e. The maximum absolute atomic E-state index is 12.5. The Kier molecular flexibility index (Phi) is 4.71. The molecule has 7 heteroatoms. The van der Waals surface area contributed by atoms with E-state index in [9.17, 15) is 10.1 Å². The van der Waals surface area contributed by atoms with Crippen LogP contribution in [-0.2, 0) is 11.2 Å². The molecule has 0 radical (unpaired) electrons. The largest absolute Gasteiger partial charge is 0.425 e. The molecule has 1 atom stereocenters. The topological polar surface area (TPSA) is 86.3 Å². The summed E-state index contributed by atoms with van der Waals surface area (Å²) in [7, 11) is 0. The van der Waals surface area contributed by atoms with Crippen molar-refractivity contribution >= 4 is 5.91 Å². The first-order valence-electron chi connectivity index (χ1n) is 9.50. The summed E-state index contributed by atoms with van der Waals surface area (Å²) in [5.41, 5.74) is 0. The van der Waals surface area contributed by atoms with Crippen molar-refractivity contribution in [2.24, 2.45) is 0 Å². The van der Waals surface area contributed by atoms with Crippen LogP contribution in [0.25, 0.3) is 0 Å². The first kappa shape index (κ1) is 16.5. The van der Waals surface area contributed by atoms with Crippen LogP contribution in [0.3, 0.4) is 0 Å². The van der Waals surface area contributed by atoms with E-state index < -0.39 is 0 Å². The molecule has 7 nitrogen and oxygen atoms in total. The average Bonchev–Trinajstić information content (AvgIpc) is 3.13. The lowest BCUT2D eigenvalue weighted by Crippen LogP contribution is -2.54. The standard InChI is InChI=1S/C18H25N5O2/c19-11-15-12-22(9-10-23(15)14-5-6-14)17(24)8-7-16-20-21-18(25-16)13-3-1-2-4-13/h13-15H,1-10,12H2. The van der Waals surface area contributed by atoms with Gasteiger partial charge in [0.05, 0.1) is 6.07 Å². The maximum atomic E-state index is 12.5. The van der Waals surface area contributed by atoms with Crippen LogP contribution in [0.5, 0.6) is 0 Å². The Bertz CT molecular complexity index is 657. The van der Waals surface area contributed by atoms with Crippen molar-refractivity contribution in [3.8, 4) is 6.07 Å². The summed E-state index contributed by atoms with van der Waals surface area (Å²) < 4.78 is 5.75. The van der Waals surface area contributed by atoms with Crippen LogP contribution in [-0.4, -0.2) is 57.6 Å². The van der Waals surface area contributed by atoms with Crippen molar-refractivity contribution in [2.75, 3.05) is 19.6 Å². The third-order valence-corrected chi connectivity index (χ3v) is 5.68. The zero-order valence-corrected chi connectivity index (χ0v) is 14.6. The van der Waals surface area contributed by atoms with Gasteiger partial charge in [0.1, 0.15) is 6.04 Å². The Morgan fingerprint density at radius 3 is 2.72 bits per heavy atom. The molecule has 0 bridgehead atoms. The third kappa shape index (κ3) is 3.69. The smallest absolute Gasteiger partial charge is 0.223 e. The third-order valence-electron chi connectivity index (χ3n) is 5.68. The van der Waals surface area contributed by atoms with Gasteiger partial charge >= 0.3 is 0 Å². The number of hydrogen-bond acceptors (Lipinski definition) is 6. The highest BCUT2D eigenvalue weighted by Crippen LogP contribution is 2.33. The minimum atomic E-state index is -0.164. The zero-order chi connectivity index (χ0) is 17.2. The van der Waals surface area contributed by atoms with E-state index in [0.717, 1.165) is 25.3 Å². The van der Waals surface area contributed by atoms with Crippen LogP contribution in [0.4, 0.5) is 0 Å². The fourth-order valence-electron chi connectivity index (χ4n) is 4.06. The lowest BCUT2D eigenvalue weighted by molar-refractivity contribution is -0.133. The molecule has 0 N–H and O–H groups in total. The van der Waals surface area contributed by atoms with E-state index in [1.54, 1.807) is 0 Å². The molecule has 25 heavy (non-hydrogen) atoms. The molecular weight excluding hydrogens is 318 g/mol. The second-order valence-corrected chi connectivity index (χ2v) is 7.47. The molecule has 1 amide bonds. The molecular formula is C18H25N5O2. The fourth-order valence-corrected chi connectivity index (χ4v) is 4.06. The molecule has 2 heterocycles. The quantitative estimate of drug-likeness (QED) is 0.811. The summed E-state index contributed by atoms with van der Waals surface area (Å²) >= 11 is 0. The van der Waals surface area contributed by atoms with Crippen molar-refractivity contribution in [3.63, 3.8) is 0 Å². The molecule has 1 saturated heterocycles. The summed E-state index contributed by atoms with van der Waals surface area (Å²) in [4.78, 5) is 16.6. The molecule has 1 aromatic rings. The van der Waals surface area contributed by atoms with E-state index in [-0.39, 0.29) is 11.9 Å². The maximum Gasteiger partial charge on any atom is 0.223 e. The molecule has 2 aliphatic carbocycles. The molecule has 1 unspecified atom stereocenters. The number of amides is 1. The summed E-state index contributed by atoms with van der Waals surface area (Å²) in [6.45, 7) is 2.04. The molecule has 4 rings (SSSR count). The van der Waals surface area contributed by atoms with Gasteiger partial charge in [0.25, 0.3) is 0 Å². The molecule has 3 aliphatic rings. The van der Waals surface area contributed by atoms with E-state index in [0.29, 0.717) is 43.8 Å². The number of carbonyl (C=O) groups is 1. The molecule has 0 spiro atoms. The summed E-state index contributed by atoms with van der Waals surface area (Å²) in [5, 5.41) is 17.7. The Labute approximate surface area is 148 Å². The highest BCUT2D eigenvalue weighted by molar-refractivity contribution is 5.76. The van der Waals surface area contributed by atoms with Gasteiger partial charge in [-0.1, -0.05) is 12.8 Å². The predicted octanol–water partition coefficient (Wildman–Crippen LogP) is 1.86. The average molecular weight is 343 g/mol. The molecule has 3 fully saturated rings. The lowest BCUT2D eigenvalue weighted by atomic mass is 10.1. The van der Waals surface area contributed by atoms with E-state index >= 15 is 0 Å². The first-order chi connectivity index (χ1) is 12.2. The van der Waals surface area contributed by atoms with Gasteiger partial charge in [-0.15, -0.1) is 10.2 Å². The predicted molar refractivity (Wildman–Crippen MR) is 89.5 cm³/mol. The number of hydrogen-bond donors (Lipinski definition) is 0. The van der Waals surface area contributed by atoms with E-state index in [1.807, 2.05) is 4.90 Å². The van der Waals surface area contributed by atoms with Crippen LogP contribution in [0, 0.1) is 11.3 Å². The van der Waals surface area contributed by atoms with E-state index in [4.69, 9.17) is 4.42 Å². The van der Waals surface area contributed by atoms with Gasteiger partial charge in [0, 0.05) is 44.4 Å². The number of rotatable bonds is 5. The number of piperazine rings is 1. The van der Waals surface area contributed by atoms with Crippen LogP contribution < -0.4 is 0 Å².